The van der Waals surface area contributed by atoms with Gasteiger partial charge >= 0.3 is 0 Å². The van der Waals surface area contributed by atoms with Crippen molar-refractivity contribution in [2.24, 2.45) is 11.8 Å². The fraction of sp³-hybridized carbons (Fsp3) is 0.571. The molecule has 1 aromatic heterocycles. The molecular weight excluding hydrogens is 328 g/mol. The zero-order valence-electron chi connectivity index (χ0n) is 15.7. The van der Waals surface area contributed by atoms with Gasteiger partial charge in [0.05, 0.1) is 23.8 Å². The molecule has 0 aliphatic carbocycles. The van der Waals surface area contributed by atoms with Crippen LogP contribution in [0.3, 0.4) is 0 Å². The van der Waals surface area contributed by atoms with E-state index in [0.29, 0.717) is 35.6 Å². The molecule has 0 unspecified atom stereocenters. The van der Waals surface area contributed by atoms with E-state index in [9.17, 15) is 4.79 Å². The van der Waals surface area contributed by atoms with Crippen LogP contribution in [0.15, 0.2) is 28.7 Å². The number of fused-ring (bicyclic) bond motifs is 2. The van der Waals surface area contributed by atoms with E-state index in [2.05, 4.69) is 19.0 Å². The van der Waals surface area contributed by atoms with Crippen LogP contribution in [-0.2, 0) is 4.74 Å². The molecule has 4 atom stereocenters. The Morgan fingerprint density at radius 2 is 2.23 bits per heavy atom. The van der Waals surface area contributed by atoms with Crippen LogP contribution in [0.2, 0.25) is 0 Å². The van der Waals surface area contributed by atoms with Gasteiger partial charge in [-0.3, -0.25) is 4.79 Å². The van der Waals surface area contributed by atoms with Crippen molar-refractivity contribution in [1.82, 2.24) is 9.80 Å². The van der Waals surface area contributed by atoms with Gasteiger partial charge in [0.15, 0.2) is 0 Å². The van der Waals surface area contributed by atoms with Gasteiger partial charge in [0.2, 0.25) is 0 Å². The maximum atomic E-state index is 13.3. The minimum absolute atomic E-state index is 0.0735. The molecule has 2 aromatic rings. The number of likely N-dealkylation sites (tertiary alicyclic amines) is 1. The first-order chi connectivity index (χ1) is 12.5. The molecule has 3 saturated heterocycles. The average Bonchev–Trinajstić information content (AvgIpc) is 3.32. The Bertz CT molecular complexity index is 873. The summed E-state index contributed by atoms with van der Waals surface area (Å²) < 4.78 is 12.3. The van der Waals surface area contributed by atoms with Gasteiger partial charge in [-0.2, -0.15) is 0 Å². The largest absolute Gasteiger partial charge is 0.461 e. The predicted molar refractivity (Wildman–Crippen MR) is 99.2 cm³/mol. The molecule has 3 aliphatic heterocycles. The summed E-state index contributed by atoms with van der Waals surface area (Å²) in [6, 6.07) is 7.81. The van der Waals surface area contributed by atoms with Crippen molar-refractivity contribution >= 4 is 16.9 Å². The number of hydrogen-bond acceptors (Lipinski definition) is 4. The number of para-hydroxylation sites is 1. The number of carbonyl (C=O) groups excluding carboxylic acids is 1. The fourth-order valence-electron chi connectivity index (χ4n) is 5.54. The molecule has 1 spiro atoms. The van der Waals surface area contributed by atoms with Crippen molar-refractivity contribution in [3.8, 4) is 0 Å². The van der Waals surface area contributed by atoms with Gasteiger partial charge in [0.1, 0.15) is 11.3 Å². The fourth-order valence-corrected chi connectivity index (χ4v) is 5.54. The predicted octanol–water partition coefficient (Wildman–Crippen LogP) is 2.92. The van der Waals surface area contributed by atoms with Crippen LogP contribution in [0, 0.1) is 18.8 Å². The lowest BCUT2D eigenvalue weighted by molar-refractivity contribution is 0.00257. The first kappa shape index (κ1) is 16.3. The van der Waals surface area contributed by atoms with Crippen LogP contribution in [-0.4, -0.2) is 61.1 Å². The van der Waals surface area contributed by atoms with Gasteiger partial charge in [-0.25, -0.2) is 0 Å². The summed E-state index contributed by atoms with van der Waals surface area (Å²) in [7, 11) is 4.24. The number of hydrogen-bond donors (Lipinski definition) is 0. The van der Waals surface area contributed by atoms with E-state index < -0.39 is 0 Å². The molecule has 5 nitrogen and oxygen atoms in total. The molecule has 0 saturated carbocycles. The SMILES string of the molecule is Cc1cc2cccc(C(=O)N3C[C@@H]4[C@H](CN(C)C)[C@H]5CC[C@]4(C3)O5)c2o1. The molecule has 0 N–H and O–H groups in total. The Balaban J connectivity index is 1.44. The number of rotatable bonds is 3. The van der Waals surface area contributed by atoms with E-state index >= 15 is 0 Å². The Hall–Kier alpha value is -1.85. The topological polar surface area (TPSA) is 45.9 Å². The molecule has 3 aliphatic rings. The van der Waals surface area contributed by atoms with Crippen molar-refractivity contribution in [3.05, 3.63) is 35.6 Å². The van der Waals surface area contributed by atoms with Gasteiger partial charge in [0.25, 0.3) is 5.91 Å². The third-order valence-electron chi connectivity index (χ3n) is 6.54. The number of aryl methyl sites for hydroxylation is 1. The van der Waals surface area contributed by atoms with Gasteiger partial charge in [0, 0.05) is 30.3 Å². The van der Waals surface area contributed by atoms with Crippen molar-refractivity contribution in [2.75, 3.05) is 33.7 Å². The third kappa shape index (κ3) is 2.26. The lowest BCUT2D eigenvalue weighted by Gasteiger charge is -2.30. The van der Waals surface area contributed by atoms with Crippen LogP contribution < -0.4 is 0 Å². The van der Waals surface area contributed by atoms with Crippen molar-refractivity contribution in [2.45, 2.75) is 31.5 Å². The minimum atomic E-state index is -0.117. The highest BCUT2D eigenvalue weighted by Gasteiger charge is 2.63. The van der Waals surface area contributed by atoms with E-state index in [0.717, 1.165) is 37.1 Å². The van der Waals surface area contributed by atoms with Crippen LogP contribution in [0.5, 0.6) is 0 Å². The number of amides is 1. The van der Waals surface area contributed by atoms with E-state index in [4.69, 9.17) is 9.15 Å². The molecule has 3 fully saturated rings. The molecule has 138 valence electrons. The smallest absolute Gasteiger partial charge is 0.257 e. The lowest BCUT2D eigenvalue weighted by Crippen LogP contribution is -2.40. The van der Waals surface area contributed by atoms with Crippen molar-refractivity contribution < 1.29 is 13.9 Å². The van der Waals surface area contributed by atoms with Gasteiger partial charge in [-0.1, -0.05) is 12.1 Å². The number of nitrogens with zero attached hydrogens (tertiary/aromatic N) is 2. The molecular formula is C21H26N2O3. The highest BCUT2D eigenvalue weighted by Crippen LogP contribution is 2.55. The minimum Gasteiger partial charge on any atom is -0.461 e. The Morgan fingerprint density at radius 3 is 3.04 bits per heavy atom. The van der Waals surface area contributed by atoms with Gasteiger partial charge in [-0.05, 0) is 46.0 Å². The zero-order valence-corrected chi connectivity index (χ0v) is 15.7. The van der Waals surface area contributed by atoms with Crippen molar-refractivity contribution in [1.29, 1.82) is 0 Å². The van der Waals surface area contributed by atoms with E-state index in [-0.39, 0.29) is 11.5 Å². The maximum Gasteiger partial charge on any atom is 0.257 e. The standard InChI is InChI=1S/C21H26N2O3/c1-13-9-14-5-4-6-15(19(14)25-13)20(24)23-11-17-16(10-22(2)3)18-7-8-21(17,12-23)26-18/h4-6,9,16-18H,7-8,10-12H2,1-3H3/t16-,17+,18+,21+/m0/s1. The van der Waals surface area contributed by atoms with Crippen LogP contribution in [0.25, 0.3) is 11.0 Å². The molecule has 1 aromatic carbocycles. The number of benzene rings is 1. The molecule has 5 heteroatoms. The molecule has 2 bridgehead atoms. The summed E-state index contributed by atoms with van der Waals surface area (Å²) in [5.74, 6) is 1.89. The highest BCUT2D eigenvalue weighted by molar-refractivity contribution is 6.05. The second-order valence-electron chi connectivity index (χ2n) is 8.56. The van der Waals surface area contributed by atoms with Gasteiger partial charge in [-0.15, -0.1) is 0 Å². The normalized spacial score (nSPS) is 32.8. The summed E-state index contributed by atoms with van der Waals surface area (Å²) in [6.45, 7) is 4.47. The number of furan rings is 1. The summed E-state index contributed by atoms with van der Waals surface area (Å²) >= 11 is 0. The van der Waals surface area contributed by atoms with Crippen molar-refractivity contribution in [3.63, 3.8) is 0 Å². The molecule has 1 amide bonds. The second-order valence-corrected chi connectivity index (χ2v) is 8.56. The van der Waals surface area contributed by atoms with E-state index in [1.54, 1.807) is 0 Å². The molecule has 26 heavy (non-hydrogen) atoms. The van der Waals surface area contributed by atoms with E-state index in [1.807, 2.05) is 36.1 Å². The zero-order chi connectivity index (χ0) is 18.1. The highest BCUT2D eigenvalue weighted by atomic mass is 16.5. The first-order valence-corrected chi connectivity index (χ1v) is 9.58. The van der Waals surface area contributed by atoms with Crippen LogP contribution in [0.4, 0.5) is 0 Å². The second kappa shape index (κ2) is 5.57. The van der Waals surface area contributed by atoms with E-state index in [1.165, 1.54) is 0 Å². The number of ether oxygens (including phenoxy) is 1. The number of carbonyl (C=O) groups is 1. The Kier molecular flexibility index (Phi) is 3.50. The van der Waals surface area contributed by atoms with Crippen LogP contribution >= 0.6 is 0 Å². The average molecular weight is 354 g/mol. The lowest BCUT2D eigenvalue weighted by atomic mass is 9.73. The Morgan fingerprint density at radius 1 is 1.38 bits per heavy atom. The molecule has 5 rings (SSSR count). The van der Waals surface area contributed by atoms with Crippen LogP contribution in [0.1, 0.15) is 29.0 Å². The monoisotopic (exact) mass is 354 g/mol. The van der Waals surface area contributed by atoms with Gasteiger partial charge < -0.3 is 19.0 Å². The summed E-state index contributed by atoms with van der Waals surface area (Å²) in [5.41, 5.74) is 1.26. The Labute approximate surface area is 153 Å². The summed E-state index contributed by atoms with van der Waals surface area (Å²) in [4.78, 5) is 17.6. The summed E-state index contributed by atoms with van der Waals surface area (Å²) in [6.07, 6.45) is 2.58. The molecule has 4 heterocycles. The quantitative estimate of drug-likeness (QED) is 0.850. The maximum absolute atomic E-state index is 13.3. The molecule has 0 radical (unpaired) electrons. The summed E-state index contributed by atoms with van der Waals surface area (Å²) in [5, 5.41) is 0.994. The first-order valence-electron chi connectivity index (χ1n) is 9.58. The third-order valence-corrected chi connectivity index (χ3v) is 6.54.